The molecule has 9 heavy (non-hydrogen) atoms. The van der Waals surface area contributed by atoms with Crippen molar-refractivity contribution in [2.75, 3.05) is 0 Å². The van der Waals surface area contributed by atoms with Gasteiger partial charge in [0.05, 0.1) is 0 Å². The fourth-order valence-electron chi connectivity index (χ4n) is 0.770. The highest BCUT2D eigenvalue weighted by atomic mass is 127. The number of hydrogen-bond acceptors (Lipinski definition) is 1. The fraction of sp³-hybridized carbons (Fsp3) is 1.00. The minimum absolute atomic E-state index is 0. The average molecular weight is 260 g/mol. The van der Waals surface area contributed by atoms with Crippen LogP contribution in [0.15, 0.2) is 0 Å². The molecule has 0 spiro atoms. The van der Waals surface area contributed by atoms with Crippen LogP contribution in [0, 0.1) is 11.8 Å². The summed E-state index contributed by atoms with van der Waals surface area (Å²) < 4.78 is 0. The molecule has 0 aliphatic carbocycles. The topological polar surface area (TPSA) is 0 Å². The van der Waals surface area contributed by atoms with Crippen LogP contribution in [0.5, 0.6) is 0 Å². The summed E-state index contributed by atoms with van der Waals surface area (Å²) in [6, 6.07) is 0. The van der Waals surface area contributed by atoms with Crippen molar-refractivity contribution >= 4 is 36.6 Å². The first-order valence-electron chi connectivity index (χ1n) is 3.23. The van der Waals surface area contributed by atoms with Gasteiger partial charge in [0, 0.05) is 5.25 Å². The number of halogens is 1. The Labute approximate surface area is 81.2 Å². The van der Waals surface area contributed by atoms with Gasteiger partial charge in [-0.3, -0.25) is 0 Å². The summed E-state index contributed by atoms with van der Waals surface area (Å²) >= 11 is 4.42. The summed E-state index contributed by atoms with van der Waals surface area (Å²) in [6.45, 7) is 8.82. The predicted octanol–water partition coefficient (Wildman–Crippen LogP) is 3.21. The number of rotatable bonds is 2. The van der Waals surface area contributed by atoms with E-state index in [2.05, 4.69) is 40.3 Å². The molecule has 0 rings (SSSR count). The lowest BCUT2D eigenvalue weighted by molar-refractivity contribution is 0.490. The van der Waals surface area contributed by atoms with Crippen LogP contribution in [-0.4, -0.2) is 5.25 Å². The lowest BCUT2D eigenvalue weighted by Crippen LogP contribution is -2.14. The molecule has 0 saturated carbocycles. The van der Waals surface area contributed by atoms with E-state index in [1.54, 1.807) is 0 Å². The van der Waals surface area contributed by atoms with Gasteiger partial charge in [0.25, 0.3) is 0 Å². The first kappa shape index (κ1) is 12.7. The summed E-state index contributed by atoms with van der Waals surface area (Å²) in [6.07, 6.45) is 0. The molecule has 0 N–H and O–H groups in total. The Bertz CT molecular complexity index is 53.9. The van der Waals surface area contributed by atoms with Gasteiger partial charge in [0.15, 0.2) is 0 Å². The third kappa shape index (κ3) is 5.52. The van der Waals surface area contributed by atoms with Gasteiger partial charge in [-0.2, -0.15) is 12.6 Å². The molecular weight excluding hydrogens is 243 g/mol. The monoisotopic (exact) mass is 260 g/mol. The molecule has 0 aromatic rings. The fourth-order valence-corrected chi connectivity index (χ4v) is 0.770. The first-order chi connectivity index (χ1) is 3.55. The van der Waals surface area contributed by atoms with Gasteiger partial charge in [-0.1, -0.05) is 27.7 Å². The Morgan fingerprint density at radius 3 is 1.11 bits per heavy atom. The minimum Gasteiger partial charge on any atom is -0.175 e. The Balaban J connectivity index is 0. The molecule has 0 aromatic heterocycles. The lowest BCUT2D eigenvalue weighted by Gasteiger charge is -2.17. The Kier molecular flexibility index (Phi) is 8.25. The standard InChI is InChI=1S/C7H16S.HI/c1-5(2)7(8)6(3)4;/h5-8H,1-4H3;1H. The van der Waals surface area contributed by atoms with Gasteiger partial charge in [0.2, 0.25) is 0 Å². The highest BCUT2D eigenvalue weighted by Gasteiger charge is 2.10. The van der Waals surface area contributed by atoms with Gasteiger partial charge >= 0.3 is 0 Å². The van der Waals surface area contributed by atoms with Crippen molar-refractivity contribution in [2.24, 2.45) is 11.8 Å². The van der Waals surface area contributed by atoms with Gasteiger partial charge in [-0.05, 0) is 11.8 Å². The Morgan fingerprint density at radius 1 is 0.889 bits per heavy atom. The van der Waals surface area contributed by atoms with E-state index >= 15 is 0 Å². The van der Waals surface area contributed by atoms with Crippen molar-refractivity contribution in [1.82, 2.24) is 0 Å². The van der Waals surface area contributed by atoms with Crippen LogP contribution in [0.2, 0.25) is 0 Å². The maximum Gasteiger partial charge on any atom is 0.00628 e. The van der Waals surface area contributed by atoms with E-state index in [1.165, 1.54) is 0 Å². The van der Waals surface area contributed by atoms with E-state index in [0.29, 0.717) is 17.1 Å². The van der Waals surface area contributed by atoms with Crippen molar-refractivity contribution in [3.8, 4) is 0 Å². The highest BCUT2D eigenvalue weighted by Crippen LogP contribution is 2.17. The highest BCUT2D eigenvalue weighted by molar-refractivity contribution is 14.0. The smallest absolute Gasteiger partial charge is 0.00628 e. The van der Waals surface area contributed by atoms with E-state index in [-0.39, 0.29) is 24.0 Å². The summed E-state index contributed by atoms with van der Waals surface area (Å²) in [5.41, 5.74) is 0. The van der Waals surface area contributed by atoms with Gasteiger partial charge in [-0.25, -0.2) is 0 Å². The molecule has 2 heteroatoms. The quantitative estimate of drug-likeness (QED) is 0.572. The summed E-state index contributed by atoms with van der Waals surface area (Å²) in [5.74, 6) is 1.41. The van der Waals surface area contributed by atoms with E-state index in [0.717, 1.165) is 0 Å². The van der Waals surface area contributed by atoms with Crippen molar-refractivity contribution in [1.29, 1.82) is 0 Å². The van der Waals surface area contributed by atoms with Crippen molar-refractivity contribution in [3.63, 3.8) is 0 Å². The van der Waals surface area contributed by atoms with Gasteiger partial charge in [0.1, 0.15) is 0 Å². The molecule has 0 nitrogen and oxygen atoms in total. The molecule has 0 unspecified atom stereocenters. The summed E-state index contributed by atoms with van der Waals surface area (Å²) in [4.78, 5) is 0. The third-order valence-corrected chi connectivity index (χ3v) is 2.56. The molecule has 0 aromatic carbocycles. The molecule has 0 bridgehead atoms. The average Bonchev–Trinajstić information content (AvgIpc) is 1.64. The maximum atomic E-state index is 4.42. The van der Waals surface area contributed by atoms with Crippen molar-refractivity contribution in [3.05, 3.63) is 0 Å². The van der Waals surface area contributed by atoms with Gasteiger partial charge < -0.3 is 0 Å². The minimum atomic E-state index is 0. The largest absolute Gasteiger partial charge is 0.175 e. The molecule has 0 amide bonds. The molecule has 0 radical (unpaired) electrons. The Hall–Kier alpha value is 1.08. The van der Waals surface area contributed by atoms with E-state index < -0.39 is 0 Å². The second-order valence-corrected chi connectivity index (χ2v) is 3.57. The normalized spacial score (nSPS) is 10.7. The van der Waals surface area contributed by atoms with Crippen LogP contribution in [0.25, 0.3) is 0 Å². The third-order valence-electron chi connectivity index (χ3n) is 1.37. The maximum absolute atomic E-state index is 4.42. The molecule has 58 valence electrons. The Morgan fingerprint density at radius 2 is 1.11 bits per heavy atom. The molecule has 0 aliphatic heterocycles. The molecule has 0 fully saturated rings. The molecule has 0 heterocycles. The van der Waals surface area contributed by atoms with E-state index in [9.17, 15) is 0 Å². The van der Waals surface area contributed by atoms with E-state index in [1.807, 2.05) is 0 Å². The van der Waals surface area contributed by atoms with Crippen LogP contribution >= 0.6 is 36.6 Å². The zero-order valence-electron chi connectivity index (χ0n) is 6.59. The molecule has 0 saturated heterocycles. The van der Waals surface area contributed by atoms with Crippen LogP contribution < -0.4 is 0 Å². The summed E-state index contributed by atoms with van der Waals surface area (Å²) in [7, 11) is 0. The number of thiol groups is 1. The zero-order valence-corrected chi connectivity index (χ0v) is 9.81. The number of hydrogen-bond donors (Lipinski definition) is 1. The van der Waals surface area contributed by atoms with Crippen LogP contribution in [-0.2, 0) is 0 Å². The van der Waals surface area contributed by atoms with Crippen LogP contribution in [0.1, 0.15) is 27.7 Å². The molecular formula is C7H17IS. The second kappa shape index (κ2) is 5.83. The predicted molar refractivity (Wildman–Crippen MR) is 57.9 cm³/mol. The molecule has 0 atom stereocenters. The van der Waals surface area contributed by atoms with Crippen molar-refractivity contribution in [2.45, 2.75) is 32.9 Å². The van der Waals surface area contributed by atoms with E-state index in [4.69, 9.17) is 0 Å². The first-order valence-corrected chi connectivity index (χ1v) is 3.75. The lowest BCUT2D eigenvalue weighted by atomic mass is 10.0. The SMILES string of the molecule is CC(C)C(S)C(C)C.I. The van der Waals surface area contributed by atoms with Gasteiger partial charge in [-0.15, -0.1) is 24.0 Å². The van der Waals surface area contributed by atoms with Crippen molar-refractivity contribution < 1.29 is 0 Å². The van der Waals surface area contributed by atoms with Crippen LogP contribution in [0.3, 0.4) is 0 Å². The summed E-state index contributed by atoms with van der Waals surface area (Å²) in [5, 5.41) is 0.565. The zero-order chi connectivity index (χ0) is 6.73. The van der Waals surface area contributed by atoms with Crippen LogP contribution in [0.4, 0.5) is 0 Å². The second-order valence-electron chi connectivity index (χ2n) is 2.98. The molecule has 0 aliphatic rings.